The maximum atomic E-state index is 11.0. The van der Waals surface area contributed by atoms with Crippen molar-refractivity contribution in [2.75, 3.05) is 12.8 Å². The molecule has 1 heterocycles. The first-order valence-corrected chi connectivity index (χ1v) is 8.54. The molecule has 0 spiro atoms. The fourth-order valence-corrected chi connectivity index (χ4v) is 2.96. The highest BCUT2D eigenvalue weighted by atomic mass is 31.2. The van der Waals surface area contributed by atoms with Crippen LogP contribution in [0, 0.1) is 0 Å². The Morgan fingerprint density at radius 3 is 2.44 bits per heavy atom. The summed E-state index contributed by atoms with van der Waals surface area (Å²) in [4.78, 5) is 18.0. The van der Waals surface area contributed by atoms with Crippen molar-refractivity contribution in [1.82, 2.24) is 0 Å². The van der Waals surface area contributed by atoms with E-state index in [1.807, 2.05) is 13.8 Å². The van der Waals surface area contributed by atoms with E-state index in [2.05, 4.69) is 0 Å². The van der Waals surface area contributed by atoms with E-state index in [4.69, 9.17) is 19.3 Å². The van der Waals surface area contributed by atoms with Gasteiger partial charge in [-0.2, -0.15) is 0 Å². The minimum atomic E-state index is -3.96. The maximum Gasteiger partial charge on any atom is 0.325 e. The maximum absolute atomic E-state index is 11.0. The van der Waals surface area contributed by atoms with Crippen LogP contribution in [-0.2, 0) is 14.0 Å². The topological polar surface area (TPSA) is 76.0 Å². The van der Waals surface area contributed by atoms with E-state index in [-0.39, 0.29) is 12.5 Å². The molecule has 0 saturated carbocycles. The average molecular weight is 280 g/mol. The highest BCUT2D eigenvalue weighted by molar-refractivity contribution is 7.51. The van der Waals surface area contributed by atoms with Crippen LogP contribution in [-0.4, -0.2) is 34.4 Å². The van der Waals surface area contributed by atoms with Gasteiger partial charge in [-0.1, -0.05) is 13.8 Å². The smallest absolute Gasteiger partial charge is 0.325 e. The molecule has 18 heavy (non-hydrogen) atoms. The van der Waals surface area contributed by atoms with Crippen molar-refractivity contribution in [2.45, 2.75) is 64.3 Å². The predicted octanol–water partition coefficient (Wildman–Crippen LogP) is 2.66. The Kier molecular flexibility index (Phi) is 6.28. The molecule has 1 atom stereocenters. The van der Waals surface area contributed by atoms with Crippen molar-refractivity contribution < 1.29 is 23.8 Å². The first kappa shape index (κ1) is 16.1. The van der Waals surface area contributed by atoms with E-state index < -0.39 is 13.2 Å². The van der Waals surface area contributed by atoms with Gasteiger partial charge >= 0.3 is 7.60 Å². The lowest BCUT2D eigenvalue weighted by Gasteiger charge is -2.37. The summed E-state index contributed by atoms with van der Waals surface area (Å²) in [6.45, 7) is 4.70. The number of hydrogen-bond acceptors (Lipinski definition) is 3. The molecule has 0 bridgehead atoms. The van der Waals surface area contributed by atoms with E-state index in [1.165, 1.54) is 0 Å². The lowest BCUT2D eigenvalue weighted by molar-refractivity contribution is -0.228. The van der Waals surface area contributed by atoms with Crippen LogP contribution in [0.25, 0.3) is 0 Å². The molecule has 1 unspecified atom stereocenters. The van der Waals surface area contributed by atoms with Gasteiger partial charge in [-0.15, -0.1) is 0 Å². The van der Waals surface area contributed by atoms with E-state index >= 15 is 0 Å². The van der Waals surface area contributed by atoms with Crippen molar-refractivity contribution >= 4 is 7.60 Å². The van der Waals surface area contributed by atoms with Crippen LogP contribution in [0.3, 0.4) is 0 Å². The van der Waals surface area contributed by atoms with Gasteiger partial charge in [0.1, 0.15) is 0 Å². The number of ether oxygens (including phenoxy) is 2. The Balaban J connectivity index is 2.57. The van der Waals surface area contributed by atoms with E-state index in [0.717, 1.165) is 32.1 Å². The first-order valence-electron chi connectivity index (χ1n) is 6.75. The van der Waals surface area contributed by atoms with Gasteiger partial charge in [0.15, 0.2) is 6.29 Å². The third-order valence-electron chi connectivity index (χ3n) is 3.67. The Morgan fingerprint density at radius 1 is 1.33 bits per heavy atom. The SMILES string of the molecule is CCC(CC)(CCP(=O)(O)O)OC1CCCCO1. The van der Waals surface area contributed by atoms with E-state index in [0.29, 0.717) is 13.0 Å². The summed E-state index contributed by atoms with van der Waals surface area (Å²) in [6.07, 6.45) is 4.55. The van der Waals surface area contributed by atoms with Crippen molar-refractivity contribution in [3.8, 4) is 0 Å². The largest absolute Gasteiger partial charge is 0.353 e. The fourth-order valence-electron chi connectivity index (χ4n) is 2.26. The highest BCUT2D eigenvalue weighted by Gasteiger charge is 2.33. The summed E-state index contributed by atoms with van der Waals surface area (Å²) >= 11 is 0. The number of hydrogen-bond donors (Lipinski definition) is 2. The lowest BCUT2D eigenvalue weighted by Crippen LogP contribution is -2.39. The summed E-state index contributed by atoms with van der Waals surface area (Å²) < 4.78 is 22.6. The van der Waals surface area contributed by atoms with Crippen LogP contribution >= 0.6 is 7.60 Å². The van der Waals surface area contributed by atoms with E-state index in [1.54, 1.807) is 0 Å². The van der Waals surface area contributed by atoms with Crippen LogP contribution in [0.2, 0.25) is 0 Å². The van der Waals surface area contributed by atoms with Gasteiger partial charge in [0, 0.05) is 6.61 Å². The summed E-state index contributed by atoms with van der Waals surface area (Å²) in [7, 11) is -3.96. The van der Waals surface area contributed by atoms with Crippen LogP contribution in [0.5, 0.6) is 0 Å². The molecule has 0 aromatic rings. The zero-order chi connectivity index (χ0) is 13.6. The molecular weight excluding hydrogens is 255 g/mol. The quantitative estimate of drug-likeness (QED) is 0.701. The highest BCUT2D eigenvalue weighted by Crippen LogP contribution is 2.40. The van der Waals surface area contributed by atoms with Gasteiger partial charge in [0.05, 0.1) is 11.8 Å². The van der Waals surface area contributed by atoms with Crippen LogP contribution in [0.1, 0.15) is 52.4 Å². The van der Waals surface area contributed by atoms with Crippen molar-refractivity contribution in [2.24, 2.45) is 0 Å². The second-order valence-corrected chi connectivity index (χ2v) is 6.72. The minimum absolute atomic E-state index is 0.124. The van der Waals surface area contributed by atoms with Crippen molar-refractivity contribution in [1.29, 1.82) is 0 Å². The summed E-state index contributed by atoms with van der Waals surface area (Å²) in [5, 5.41) is 0. The van der Waals surface area contributed by atoms with Gasteiger partial charge in [-0.3, -0.25) is 4.57 Å². The average Bonchev–Trinajstić information content (AvgIpc) is 2.35. The van der Waals surface area contributed by atoms with Crippen LogP contribution in [0.15, 0.2) is 0 Å². The van der Waals surface area contributed by atoms with Crippen LogP contribution < -0.4 is 0 Å². The van der Waals surface area contributed by atoms with E-state index in [9.17, 15) is 4.57 Å². The third kappa shape index (κ3) is 5.37. The van der Waals surface area contributed by atoms with Gasteiger partial charge in [-0.25, -0.2) is 0 Å². The monoisotopic (exact) mass is 280 g/mol. The van der Waals surface area contributed by atoms with Crippen LogP contribution in [0.4, 0.5) is 0 Å². The Hall–Kier alpha value is 0.0700. The molecular formula is C12H25O5P. The van der Waals surface area contributed by atoms with Gasteiger partial charge in [0.25, 0.3) is 0 Å². The molecule has 5 nitrogen and oxygen atoms in total. The summed E-state index contributed by atoms with van der Waals surface area (Å²) in [6, 6.07) is 0. The van der Waals surface area contributed by atoms with Crippen molar-refractivity contribution in [3.63, 3.8) is 0 Å². The molecule has 1 aliphatic heterocycles. The second kappa shape index (κ2) is 7.01. The minimum Gasteiger partial charge on any atom is -0.353 e. The Labute approximate surface area is 109 Å². The zero-order valence-electron chi connectivity index (χ0n) is 11.3. The molecule has 1 saturated heterocycles. The molecule has 0 radical (unpaired) electrons. The normalized spacial score (nSPS) is 22.1. The second-order valence-electron chi connectivity index (χ2n) is 4.94. The Bertz CT molecular complexity index is 278. The standard InChI is InChI=1S/C12H25O5P/c1-3-12(4-2,8-10-18(13,14)15)17-11-7-5-6-9-16-11/h11H,3-10H2,1-2H3,(H2,13,14,15). The molecule has 0 aliphatic carbocycles. The van der Waals surface area contributed by atoms with Crippen molar-refractivity contribution in [3.05, 3.63) is 0 Å². The molecule has 1 rings (SSSR count). The number of rotatable bonds is 7. The molecule has 1 aliphatic rings. The Morgan fingerprint density at radius 2 is 2.00 bits per heavy atom. The molecule has 108 valence electrons. The molecule has 6 heteroatoms. The molecule has 2 N–H and O–H groups in total. The molecule has 0 aromatic heterocycles. The first-order chi connectivity index (χ1) is 8.41. The predicted molar refractivity (Wildman–Crippen MR) is 69.5 cm³/mol. The third-order valence-corrected chi connectivity index (χ3v) is 4.47. The van der Waals surface area contributed by atoms with Gasteiger partial charge < -0.3 is 19.3 Å². The van der Waals surface area contributed by atoms with Gasteiger partial charge in [0.2, 0.25) is 0 Å². The molecule has 1 fully saturated rings. The molecule has 0 aromatic carbocycles. The zero-order valence-corrected chi connectivity index (χ0v) is 12.2. The summed E-state index contributed by atoms with van der Waals surface area (Å²) in [5.41, 5.74) is -0.469. The fraction of sp³-hybridized carbons (Fsp3) is 1.00. The summed E-state index contributed by atoms with van der Waals surface area (Å²) in [5.74, 6) is 0. The molecule has 0 amide bonds. The van der Waals surface area contributed by atoms with Gasteiger partial charge in [-0.05, 0) is 38.5 Å². The lowest BCUT2D eigenvalue weighted by atomic mass is 9.93.